The van der Waals surface area contributed by atoms with E-state index in [1.54, 1.807) is 37.3 Å². The maximum absolute atomic E-state index is 12.7. The largest absolute Gasteiger partial charge is 0.469 e. The average molecular weight is 355 g/mol. The molecule has 1 atom stereocenters. The first-order valence-corrected chi connectivity index (χ1v) is 8.79. The average Bonchev–Trinajstić information content (AvgIpc) is 3.19. The summed E-state index contributed by atoms with van der Waals surface area (Å²) in [6.45, 7) is 6.53. The van der Waals surface area contributed by atoms with E-state index in [0.717, 1.165) is 19.5 Å². The van der Waals surface area contributed by atoms with Gasteiger partial charge < -0.3 is 20.0 Å². The van der Waals surface area contributed by atoms with Gasteiger partial charge in [-0.2, -0.15) is 0 Å². The van der Waals surface area contributed by atoms with Crippen molar-refractivity contribution in [1.82, 2.24) is 10.2 Å². The Labute approximate surface area is 153 Å². The number of carbonyl (C=O) groups excluding carboxylic acids is 2. The molecule has 0 saturated carbocycles. The summed E-state index contributed by atoms with van der Waals surface area (Å²) in [5.74, 6) is 0.0733. The molecule has 0 bridgehead atoms. The molecule has 1 aromatic heterocycles. The molecule has 2 heterocycles. The van der Waals surface area contributed by atoms with Crippen molar-refractivity contribution in [2.45, 2.75) is 20.3 Å². The number of furan rings is 1. The van der Waals surface area contributed by atoms with Crippen molar-refractivity contribution < 1.29 is 14.0 Å². The fraction of sp³-hybridized carbons (Fsp3) is 0.400. The number of benzene rings is 1. The second-order valence-electron chi connectivity index (χ2n) is 7.37. The number of amides is 2. The van der Waals surface area contributed by atoms with Crippen LogP contribution in [0.15, 0.2) is 41.0 Å². The molecule has 3 rings (SSSR count). The van der Waals surface area contributed by atoms with E-state index >= 15 is 0 Å². The molecule has 1 aliphatic heterocycles. The molecule has 0 spiro atoms. The molecule has 1 aromatic carbocycles. The SMILES string of the molecule is Cc1occc1C(=O)Nc1ccccc1C(=O)NC[C@]1(C)CCN(C)C1. The predicted molar refractivity (Wildman–Crippen MR) is 100 cm³/mol. The van der Waals surface area contributed by atoms with Crippen LogP contribution in [0.25, 0.3) is 0 Å². The van der Waals surface area contributed by atoms with Crippen LogP contribution in [0.4, 0.5) is 5.69 Å². The van der Waals surface area contributed by atoms with E-state index in [1.165, 1.54) is 6.26 Å². The topological polar surface area (TPSA) is 74.6 Å². The third kappa shape index (κ3) is 3.96. The Balaban J connectivity index is 1.69. The van der Waals surface area contributed by atoms with Crippen molar-refractivity contribution in [3.8, 4) is 0 Å². The number of hydrogen-bond acceptors (Lipinski definition) is 4. The summed E-state index contributed by atoms with van der Waals surface area (Å²) in [7, 11) is 2.09. The lowest BCUT2D eigenvalue weighted by molar-refractivity contribution is 0.0935. The number of anilines is 1. The Hall–Kier alpha value is -2.60. The second-order valence-corrected chi connectivity index (χ2v) is 7.37. The number of hydrogen-bond donors (Lipinski definition) is 2. The van der Waals surface area contributed by atoms with E-state index in [1.807, 2.05) is 0 Å². The molecule has 26 heavy (non-hydrogen) atoms. The van der Waals surface area contributed by atoms with Crippen LogP contribution in [0.1, 0.15) is 39.8 Å². The Morgan fingerprint density at radius 1 is 1.19 bits per heavy atom. The van der Waals surface area contributed by atoms with Crippen molar-refractivity contribution in [3.05, 3.63) is 53.5 Å². The van der Waals surface area contributed by atoms with Gasteiger partial charge in [-0.3, -0.25) is 9.59 Å². The Kier molecular flexibility index (Phi) is 5.13. The predicted octanol–water partition coefficient (Wildman–Crippen LogP) is 2.91. The Bertz CT molecular complexity index is 814. The highest BCUT2D eigenvalue weighted by Gasteiger charge is 2.32. The number of likely N-dealkylation sites (tertiary alicyclic amines) is 1. The lowest BCUT2D eigenvalue weighted by atomic mass is 9.90. The number of para-hydroxylation sites is 1. The van der Waals surface area contributed by atoms with Crippen LogP contribution in [0.5, 0.6) is 0 Å². The molecule has 0 unspecified atom stereocenters. The molecule has 1 saturated heterocycles. The third-order valence-electron chi connectivity index (χ3n) is 4.95. The lowest BCUT2D eigenvalue weighted by Gasteiger charge is -2.24. The summed E-state index contributed by atoms with van der Waals surface area (Å²) in [4.78, 5) is 27.4. The summed E-state index contributed by atoms with van der Waals surface area (Å²) in [5, 5.41) is 5.84. The van der Waals surface area contributed by atoms with Crippen LogP contribution in [0.3, 0.4) is 0 Å². The van der Waals surface area contributed by atoms with Gasteiger partial charge in [-0.15, -0.1) is 0 Å². The van der Waals surface area contributed by atoms with E-state index in [-0.39, 0.29) is 17.2 Å². The first-order chi connectivity index (χ1) is 12.4. The van der Waals surface area contributed by atoms with Gasteiger partial charge in [0.2, 0.25) is 0 Å². The third-order valence-corrected chi connectivity index (χ3v) is 4.95. The minimum Gasteiger partial charge on any atom is -0.469 e. The summed E-state index contributed by atoms with van der Waals surface area (Å²) in [5.41, 5.74) is 1.49. The maximum Gasteiger partial charge on any atom is 0.259 e. The van der Waals surface area contributed by atoms with Crippen LogP contribution in [-0.4, -0.2) is 43.4 Å². The van der Waals surface area contributed by atoms with Crippen LogP contribution in [-0.2, 0) is 0 Å². The number of nitrogens with one attached hydrogen (secondary N) is 2. The monoisotopic (exact) mass is 355 g/mol. The van der Waals surface area contributed by atoms with Crippen molar-refractivity contribution in [1.29, 1.82) is 0 Å². The van der Waals surface area contributed by atoms with E-state index in [9.17, 15) is 9.59 Å². The standard InChI is InChI=1S/C20H25N3O3/c1-14-15(8-11-26-14)19(25)22-17-7-5-4-6-16(17)18(24)21-12-20(2)9-10-23(3)13-20/h4-8,11H,9-10,12-13H2,1-3H3,(H,21,24)(H,22,25)/t20-/m0/s1. The van der Waals surface area contributed by atoms with Gasteiger partial charge in [0.15, 0.2) is 0 Å². The molecule has 2 aromatic rings. The summed E-state index contributed by atoms with van der Waals surface area (Å²) < 4.78 is 5.17. The smallest absolute Gasteiger partial charge is 0.259 e. The van der Waals surface area contributed by atoms with Gasteiger partial charge in [0, 0.05) is 13.1 Å². The zero-order valence-electron chi connectivity index (χ0n) is 15.5. The van der Waals surface area contributed by atoms with E-state index in [2.05, 4.69) is 29.5 Å². The molecule has 138 valence electrons. The highest BCUT2D eigenvalue weighted by molar-refractivity contribution is 6.09. The van der Waals surface area contributed by atoms with Gasteiger partial charge in [-0.05, 0) is 50.6 Å². The molecular formula is C20H25N3O3. The minimum atomic E-state index is -0.291. The second kappa shape index (κ2) is 7.33. The molecule has 2 amide bonds. The summed E-state index contributed by atoms with van der Waals surface area (Å²) in [6, 6.07) is 8.65. The van der Waals surface area contributed by atoms with Gasteiger partial charge in [-0.25, -0.2) is 0 Å². The highest BCUT2D eigenvalue weighted by atomic mass is 16.3. The first kappa shape index (κ1) is 18.2. The number of carbonyl (C=O) groups is 2. The van der Waals surface area contributed by atoms with E-state index in [4.69, 9.17) is 4.42 Å². The van der Waals surface area contributed by atoms with Crippen LogP contribution >= 0.6 is 0 Å². The molecule has 2 N–H and O–H groups in total. The first-order valence-electron chi connectivity index (χ1n) is 8.79. The normalized spacial score (nSPS) is 20.1. The highest BCUT2D eigenvalue weighted by Crippen LogP contribution is 2.28. The zero-order valence-corrected chi connectivity index (χ0v) is 15.5. The molecule has 1 fully saturated rings. The van der Waals surface area contributed by atoms with Gasteiger partial charge in [0.05, 0.1) is 23.1 Å². The zero-order chi connectivity index (χ0) is 18.7. The fourth-order valence-corrected chi connectivity index (χ4v) is 3.40. The molecular weight excluding hydrogens is 330 g/mol. The van der Waals surface area contributed by atoms with Crippen molar-refractivity contribution in [2.75, 3.05) is 32.0 Å². The van der Waals surface area contributed by atoms with Crippen molar-refractivity contribution in [3.63, 3.8) is 0 Å². The van der Waals surface area contributed by atoms with Crippen molar-refractivity contribution >= 4 is 17.5 Å². The molecule has 0 radical (unpaired) electrons. The number of rotatable bonds is 5. The van der Waals surface area contributed by atoms with Gasteiger partial charge in [0.25, 0.3) is 11.8 Å². The quantitative estimate of drug-likeness (QED) is 0.865. The fourth-order valence-electron chi connectivity index (χ4n) is 3.40. The Morgan fingerprint density at radius 2 is 1.96 bits per heavy atom. The summed E-state index contributed by atoms with van der Waals surface area (Å²) >= 11 is 0. The number of nitrogens with zero attached hydrogens (tertiary/aromatic N) is 1. The van der Waals surface area contributed by atoms with Gasteiger partial charge in [-0.1, -0.05) is 19.1 Å². The van der Waals surface area contributed by atoms with Crippen LogP contribution in [0.2, 0.25) is 0 Å². The number of aryl methyl sites for hydroxylation is 1. The van der Waals surface area contributed by atoms with Gasteiger partial charge >= 0.3 is 0 Å². The lowest BCUT2D eigenvalue weighted by Crippen LogP contribution is -2.37. The Morgan fingerprint density at radius 3 is 2.62 bits per heavy atom. The van der Waals surface area contributed by atoms with E-state index in [0.29, 0.717) is 29.1 Å². The molecule has 0 aliphatic carbocycles. The molecule has 6 heteroatoms. The van der Waals surface area contributed by atoms with Crippen LogP contribution in [0, 0.1) is 12.3 Å². The maximum atomic E-state index is 12.7. The van der Waals surface area contributed by atoms with E-state index < -0.39 is 0 Å². The van der Waals surface area contributed by atoms with Crippen LogP contribution < -0.4 is 10.6 Å². The molecule has 6 nitrogen and oxygen atoms in total. The van der Waals surface area contributed by atoms with Crippen molar-refractivity contribution in [2.24, 2.45) is 5.41 Å². The summed E-state index contributed by atoms with van der Waals surface area (Å²) in [6.07, 6.45) is 2.53. The van der Waals surface area contributed by atoms with Gasteiger partial charge in [0.1, 0.15) is 5.76 Å². The molecule has 1 aliphatic rings. The minimum absolute atomic E-state index is 0.0799.